The summed E-state index contributed by atoms with van der Waals surface area (Å²) in [6, 6.07) is 9.77. The van der Waals surface area contributed by atoms with Gasteiger partial charge >= 0.3 is 0 Å². The first-order valence-corrected chi connectivity index (χ1v) is 11.1. The van der Waals surface area contributed by atoms with Crippen LogP contribution in [-0.2, 0) is 4.79 Å². The van der Waals surface area contributed by atoms with Crippen molar-refractivity contribution in [1.82, 2.24) is 10.2 Å². The van der Waals surface area contributed by atoms with E-state index in [0.717, 1.165) is 38.4 Å². The highest BCUT2D eigenvalue weighted by molar-refractivity contribution is 7.12. The molecule has 29 heavy (non-hydrogen) atoms. The van der Waals surface area contributed by atoms with Crippen LogP contribution in [0.15, 0.2) is 35.7 Å². The Labute approximate surface area is 176 Å². The summed E-state index contributed by atoms with van der Waals surface area (Å²) in [6.07, 6.45) is 0.992. The van der Waals surface area contributed by atoms with Gasteiger partial charge in [0.2, 0.25) is 5.91 Å². The van der Waals surface area contributed by atoms with E-state index in [1.54, 1.807) is 6.07 Å². The van der Waals surface area contributed by atoms with Gasteiger partial charge in [-0.1, -0.05) is 13.0 Å². The van der Waals surface area contributed by atoms with Gasteiger partial charge in [-0.15, -0.1) is 11.3 Å². The minimum absolute atomic E-state index is 0.0286. The number of nitrogens with one attached hydrogen (secondary N) is 2. The van der Waals surface area contributed by atoms with Crippen molar-refractivity contribution in [2.24, 2.45) is 0 Å². The van der Waals surface area contributed by atoms with Gasteiger partial charge in [-0.3, -0.25) is 9.59 Å². The van der Waals surface area contributed by atoms with E-state index in [2.05, 4.69) is 40.3 Å². The van der Waals surface area contributed by atoms with E-state index in [4.69, 9.17) is 0 Å². The van der Waals surface area contributed by atoms with Gasteiger partial charge in [0.25, 0.3) is 5.91 Å². The van der Waals surface area contributed by atoms with Gasteiger partial charge in [-0.2, -0.15) is 0 Å². The average molecular weight is 415 g/mol. The number of amides is 2. The molecule has 1 aromatic heterocycles. The minimum atomic E-state index is -0.0774. The largest absolute Gasteiger partial charge is 0.369 e. The maximum absolute atomic E-state index is 12.2. The Bertz CT molecular complexity index is 814. The van der Waals surface area contributed by atoms with Crippen molar-refractivity contribution in [3.8, 4) is 0 Å². The van der Waals surface area contributed by atoms with Crippen LogP contribution in [0.2, 0.25) is 0 Å². The second-order valence-electron chi connectivity index (χ2n) is 7.31. The van der Waals surface area contributed by atoms with Gasteiger partial charge in [-0.25, -0.2) is 0 Å². The van der Waals surface area contributed by atoms with Crippen LogP contribution in [0.3, 0.4) is 0 Å². The van der Waals surface area contributed by atoms with Gasteiger partial charge in [-0.05, 0) is 55.1 Å². The highest BCUT2D eigenvalue weighted by atomic mass is 32.1. The van der Waals surface area contributed by atoms with Crippen molar-refractivity contribution in [2.45, 2.75) is 26.7 Å². The van der Waals surface area contributed by atoms with Crippen molar-refractivity contribution in [1.29, 1.82) is 0 Å². The van der Waals surface area contributed by atoms with E-state index in [1.165, 1.54) is 22.6 Å². The number of aryl methyl sites for hydroxylation is 1. The molecule has 0 spiro atoms. The zero-order chi connectivity index (χ0) is 20.6. The summed E-state index contributed by atoms with van der Waals surface area (Å²) in [5.74, 6) is -0.106. The lowest BCUT2D eigenvalue weighted by Crippen LogP contribution is -2.46. The smallest absolute Gasteiger partial charge is 0.261 e. The van der Waals surface area contributed by atoms with Crippen LogP contribution in [0.25, 0.3) is 0 Å². The lowest BCUT2D eigenvalue weighted by Gasteiger charge is -2.36. The fourth-order valence-electron chi connectivity index (χ4n) is 3.56. The Morgan fingerprint density at radius 1 is 1.14 bits per heavy atom. The molecule has 0 aliphatic carbocycles. The molecule has 3 rings (SSSR count). The molecular formula is C22H30N4O2S. The van der Waals surface area contributed by atoms with Gasteiger partial charge in [0, 0.05) is 50.5 Å². The molecule has 0 atom stereocenters. The molecule has 156 valence electrons. The Morgan fingerprint density at radius 2 is 1.93 bits per heavy atom. The van der Waals surface area contributed by atoms with E-state index in [-0.39, 0.29) is 11.8 Å². The second kappa shape index (κ2) is 10.4. The number of thiophene rings is 1. The van der Waals surface area contributed by atoms with Gasteiger partial charge in [0.15, 0.2) is 0 Å². The number of hydrogen-bond acceptors (Lipinski definition) is 5. The first-order chi connectivity index (χ1) is 14.1. The predicted octanol–water partition coefficient (Wildman–Crippen LogP) is 3.35. The third kappa shape index (κ3) is 6.05. The van der Waals surface area contributed by atoms with E-state index in [9.17, 15) is 9.59 Å². The molecule has 7 heteroatoms. The molecule has 1 aromatic carbocycles. The SMILES string of the molecule is CCN1CCN(c2ccc(NC(=O)CCCNC(=O)c3cccs3)cc2C)CC1. The summed E-state index contributed by atoms with van der Waals surface area (Å²) in [5.41, 5.74) is 3.25. The number of carbonyl (C=O) groups is 2. The number of rotatable bonds is 8. The highest BCUT2D eigenvalue weighted by Gasteiger charge is 2.17. The number of anilines is 2. The highest BCUT2D eigenvalue weighted by Crippen LogP contribution is 2.25. The van der Waals surface area contributed by atoms with Crippen LogP contribution in [0.5, 0.6) is 0 Å². The van der Waals surface area contributed by atoms with E-state index >= 15 is 0 Å². The monoisotopic (exact) mass is 414 g/mol. The van der Waals surface area contributed by atoms with Crippen LogP contribution in [-0.4, -0.2) is 56.0 Å². The normalized spacial score (nSPS) is 14.6. The molecular weight excluding hydrogens is 384 g/mol. The molecule has 1 saturated heterocycles. The third-order valence-electron chi connectivity index (χ3n) is 5.25. The Balaban J connectivity index is 1.42. The number of likely N-dealkylation sites (N-methyl/N-ethyl adjacent to an activating group) is 1. The number of nitrogens with zero attached hydrogens (tertiary/aromatic N) is 2. The zero-order valence-corrected chi connectivity index (χ0v) is 18.1. The molecule has 1 aliphatic heterocycles. The van der Waals surface area contributed by atoms with Crippen LogP contribution in [0.4, 0.5) is 11.4 Å². The maximum Gasteiger partial charge on any atom is 0.261 e. The first kappa shape index (κ1) is 21.3. The van der Waals surface area contributed by atoms with Crippen LogP contribution in [0, 0.1) is 6.92 Å². The molecule has 0 radical (unpaired) electrons. The summed E-state index contributed by atoms with van der Waals surface area (Å²) in [7, 11) is 0. The van der Waals surface area contributed by atoms with Crippen molar-refractivity contribution in [3.63, 3.8) is 0 Å². The van der Waals surface area contributed by atoms with Gasteiger partial charge in [0.05, 0.1) is 4.88 Å². The summed E-state index contributed by atoms with van der Waals surface area (Å²) in [4.78, 5) is 29.7. The fraction of sp³-hybridized carbons (Fsp3) is 0.455. The average Bonchev–Trinajstić information content (AvgIpc) is 3.26. The summed E-state index contributed by atoms with van der Waals surface area (Å²) < 4.78 is 0. The second-order valence-corrected chi connectivity index (χ2v) is 8.26. The predicted molar refractivity (Wildman–Crippen MR) is 120 cm³/mol. The van der Waals surface area contributed by atoms with Gasteiger partial charge in [0.1, 0.15) is 0 Å². The quantitative estimate of drug-likeness (QED) is 0.650. The van der Waals surface area contributed by atoms with E-state index < -0.39 is 0 Å². The number of hydrogen-bond donors (Lipinski definition) is 2. The van der Waals surface area contributed by atoms with Crippen molar-refractivity contribution in [2.75, 3.05) is 49.5 Å². The molecule has 6 nitrogen and oxygen atoms in total. The Kier molecular flexibility index (Phi) is 7.66. The van der Waals surface area contributed by atoms with Gasteiger partial charge < -0.3 is 20.4 Å². The third-order valence-corrected chi connectivity index (χ3v) is 6.12. The molecule has 2 N–H and O–H groups in total. The fourth-order valence-corrected chi connectivity index (χ4v) is 4.20. The summed E-state index contributed by atoms with van der Waals surface area (Å²) in [5, 5.41) is 7.69. The molecule has 0 bridgehead atoms. The van der Waals surface area contributed by atoms with Crippen LogP contribution in [0.1, 0.15) is 35.0 Å². The first-order valence-electron chi connectivity index (χ1n) is 10.3. The molecule has 2 aromatic rings. The van der Waals surface area contributed by atoms with E-state index in [0.29, 0.717) is 24.3 Å². The number of carbonyl (C=O) groups excluding carboxylic acids is 2. The van der Waals surface area contributed by atoms with Crippen molar-refractivity contribution in [3.05, 3.63) is 46.2 Å². The number of benzene rings is 1. The topological polar surface area (TPSA) is 64.7 Å². The lowest BCUT2D eigenvalue weighted by molar-refractivity contribution is -0.116. The number of piperazine rings is 1. The Morgan fingerprint density at radius 3 is 2.59 bits per heavy atom. The van der Waals surface area contributed by atoms with Crippen LogP contribution < -0.4 is 15.5 Å². The molecule has 1 fully saturated rings. The molecule has 1 aliphatic rings. The standard InChI is InChI=1S/C22H30N4O2S/c1-3-25-11-13-26(14-12-25)19-9-8-18(16-17(19)2)24-21(27)7-4-10-23-22(28)20-6-5-15-29-20/h5-6,8-9,15-16H,3-4,7,10-14H2,1-2H3,(H,23,28)(H,24,27). The lowest BCUT2D eigenvalue weighted by atomic mass is 10.1. The minimum Gasteiger partial charge on any atom is -0.369 e. The summed E-state index contributed by atoms with van der Waals surface area (Å²) >= 11 is 1.41. The molecule has 2 heterocycles. The zero-order valence-electron chi connectivity index (χ0n) is 17.2. The van der Waals surface area contributed by atoms with Crippen molar-refractivity contribution < 1.29 is 9.59 Å². The van der Waals surface area contributed by atoms with E-state index in [1.807, 2.05) is 23.6 Å². The molecule has 0 saturated carbocycles. The molecule has 2 amide bonds. The maximum atomic E-state index is 12.2. The summed E-state index contributed by atoms with van der Waals surface area (Å²) in [6.45, 7) is 10.2. The van der Waals surface area contributed by atoms with Crippen LogP contribution >= 0.6 is 11.3 Å². The van der Waals surface area contributed by atoms with Crippen molar-refractivity contribution >= 4 is 34.5 Å². The molecule has 0 unspecified atom stereocenters. The Hall–Kier alpha value is -2.38.